The number of nitrogens with zero attached hydrogens (tertiary/aromatic N) is 1. The van der Waals surface area contributed by atoms with E-state index in [1.807, 2.05) is 0 Å². The number of benzene rings is 1. The number of aromatic nitrogens is 2. The number of nitrogens with one attached hydrogen (secondary N) is 2. The van der Waals surface area contributed by atoms with Gasteiger partial charge in [-0.15, -0.1) is 0 Å². The molecule has 0 saturated carbocycles. The molecule has 2 rings (SSSR count). The molecule has 7 heteroatoms. The van der Waals surface area contributed by atoms with Gasteiger partial charge >= 0.3 is 5.97 Å². The Morgan fingerprint density at radius 2 is 2.05 bits per heavy atom. The van der Waals surface area contributed by atoms with Crippen molar-refractivity contribution >= 4 is 23.5 Å². The molecule has 0 aliphatic rings. The number of carboxylic acids is 1. The first-order valence-electron chi connectivity index (χ1n) is 6.28. The largest absolute Gasteiger partial charge is 0.480 e. The number of imidazole rings is 1. The number of H-pyrrole nitrogens is 1. The fourth-order valence-corrected chi connectivity index (χ4v) is 1.98. The predicted octanol–water partition coefficient (Wildman–Crippen LogP) is 1.42. The summed E-state index contributed by atoms with van der Waals surface area (Å²) in [4.78, 5) is 29.7. The Morgan fingerprint density at radius 1 is 1.33 bits per heavy atom. The highest BCUT2D eigenvalue weighted by Gasteiger charge is 2.21. The van der Waals surface area contributed by atoms with Gasteiger partial charge in [0.2, 0.25) is 5.91 Å². The van der Waals surface area contributed by atoms with E-state index in [9.17, 15) is 9.59 Å². The average molecular weight is 308 g/mol. The molecule has 0 spiro atoms. The zero-order valence-corrected chi connectivity index (χ0v) is 11.8. The van der Waals surface area contributed by atoms with Gasteiger partial charge in [0.25, 0.3) is 0 Å². The standard InChI is InChI=1S/C14H14ClN3O3/c15-10-3-1-9(2-4-10)5-13(19)18-12(14(20)21)6-11-7-16-8-17-11/h1-4,7-8,12H,5-6H2,(H,16,17)(H,18,19)(H,20,21). The molecule has 110 valence electrons. The van der Waals surface area contributed by atoms with Crippen LogP contribution < -0.4 is 5.32 Å². The zero-order valence-electron chi connectivity index (χ0n) is 11.0. The molecule has 1 heterocycles. The molecular formula is C14H14ClN3O3. The van der Waals surface area contributed by atoms with Crippen molar-refractivity contribution in [2.75, 3.05) is 0 Å². The lowest BCUT2D eigenvalue weighted by Crippen LogP contribution is -2.43. The number of aliphatic carboxylic acids is 1. The van der Waals surface area contributed by atoms with Crippen molar-refractivity contribution < 1.29 is 14.7 Å². The van der Waals surface area contributed by atoms with E-state index in [2.05, 4.69) is 15.3 Å². The SMILES string of the molecule is O=C(Cc1ccc(Cl)cc1)NC(Cc1cnc[nH]1)C(=O)O. The van der Waals surface area contributed by atoms with Gasteiger partial charge in [-0.25, -0.2) is 9.78 Å². The van der Waals surface area contributed by atoms with Crippen LogP contribution in [0.25, 0.3) is 0 Å². The van der Waals surface area contributed by atoms with Crippen LogP contribution in [-0.2, 0) is 22.4 Å². The summed E-state index contributed by atoms with van der Waals surface area (Å²) in [6.45, 7) is 0. The second-order valence-corrected chi connectivity index (χ2v) is 4.98. The van der Waals surface area contributed by atoms with Gasteiger partial charge in [0.05, 0.1) is 12.7 Å². The Hall–Kier alpha value is -2.34. The summed E-state index contributed by atoms with van der Waals surface area (Å²) in [5.41, 5.74) is 1.41. The molecular weight excluding hydrogens is 294 g/mol. The molecule has 1 aromatic carbocycles. The van der Waals surface area contributed by atoms with Gasteiger partial charge in [0.1, 0.15) is 6.04 Å². The number of carbonyl (C=O) groups is 2. The van der Waals surface area contributed by atoms with E-state index in [0.29, 0.717) is 10.7 Å². The van der Waals surface area contributed by atoms with E-state index >= 15 is 0 Å². The zero-order chi connectivity index (χ0) is 15.2. The van der Waals surface area contributed by atoms with Crippen LogP contribution in [0, 0.1) is 0 Å². The van der Waals surface area contributed by atoms with Gasteiger partial charge in [-0.05, 0) is 17.7 Å². The maximum atomic E-state index is 11.9. The topological polar surface area (TPSA) is 95.1 Å². The smallest absolute Gasteiger partial charge is 0.326 e. The number of halogens is 1. The second-order valence-electron chi connectivity index (χ2n) is 4.54. The van der Waals surface area contributed by atoms with Crippen molar-refractivity contribution in [2.45, 2.75) is 18.9 Å². The predicted molar refractivity (Wildman–Crippen MR) is 77.0 cm³/mol. The Labute approximate surface area is 126 Å². The minimum absolute atomic E-state index is 0.101. The number of aromatic amines is 1. The summed E-state index contributed by atoms with van der Waals surface area (Å²) in [5.74, 6) is -1.45. The van der Waals surface area contributed by atoms with Crippen LogP contribution in [0.5, 0.6) is 0 Å². The molecule has 21 heavy (non-hydrogen) atoms. The first kappa shape index (κ1) is 15.1. The van der Waals surface area contributed by atoms with Crippen molar-refractivity contribution in [3.8, 4) is 0 Å². The van der Waals surface area contributed by atoms with Gasteiger partial charge in [-0.3, -0.25) is 4.79 Å². The number of carboxylic acid groups (broad SMARTS) is 1. The summed E-state index contributed by atoms with van der Waals surface area (Å²) in [7, 11) is 0. The van der Waals surface area contributed by atoms with Crippen LogP contribution >= 0.6 is 11.6 Å². The maximum Gasteiger partial charge on any atom is 0.326 e. The summed E-state index contributed by atoms with van der Waals surface area (Å²) in [5, 5.41) is 12.2. The van der Waals surface area contributed by atoms with E-state index in [1.165, 1.54) is 12.5 Å². The fourth-order valence-electron chi connectivity index (χ4n) is 1.85. The van der Waals surface area contributed by atoms with Crippen molar-refractivity contribution in [1.29, 1.82) is 0 Å². The summed E-state index contributed by atoms with van der Waals surface area (Å²) in [6, 6.07) is 5.83. The molecule has 0 aliphatic heterocycles. The van der Waals surface area contributed by atoms with Crippen LogP contribution in [0.2, 0.25) is 5.02 Å². The van der Waals surface area contributed by atoms with Crippen LogP contribution in [0.3, 0.4) is 0 Å². The van der Waals surface area contributed by atoms with E-state index in [1.54, 1.807) is 24.3 Å². The molecule has 3 N–H and O–H groups in total. The van der Waals surface area contributed by atoms with Gasteiger partial charge in [0, 0.05) is 23.3 Å². The average Bonchev–Trinajstić information content (AvgIpc) is 2.93. The molecule has 2 aromatic rings. The molecule has 1 amide bonds. The lowest BCUT2D eigenvalue weighted by molar-refractivity contribution is -0.141. The van der Waals surface area contributed by atoms with Gasteiger partial charge in [0.15, 0.2) is 0 Å². The third-order valence-electron chi connectivity index (χ3n) is 2.89. The number of carbonyl (C=O) groups excluding carboxylic acids is 1. The molecule has 1 unspecified atom stereocenters. The van der Waals surface area contributed by atoms with E-state index in [0.717, 1.165) is 5.56 Å². The monoisotopic (exact) mass is 307 g/mol. The molecule has 1 aromatic heterocycles. The Morgan fingerprint density at radius 3 is 2.62 bits per heavy atom. The fraction of sp³-hybridized carbons (Fsp3) is 0.214. The normalized spacial score (nSPS) is 11.9. The van der Waals surface area contributed by atoms with Crippen molar-refractivity contribution in [3.05, 3.63) is 53.1 Å². The van der Waals surface area contributed by atoms with Crippen molar-refractivity contribution in [3.63, 3.8) is 0 Å². The summed E-state index contributed by atoms with van der Waals surface area (Å²) >= 11 is 5.77. The molecule has 0 radical (unpaired) electrons. The molecule has 0 saturated heterocycles. The minimum Gasteiger partial charge on any atom is -0.480 e. The highest BCUT2D eigenvalue weighted by Crippen LogP contribution is 2.10. The Kier molecular flexibility index (Phi) is 4.94. The first-order chi connectivity index (χ1) is 10.0. The molecule has 6 nitrogen and oxygen atoms in total. The third kappa shape index (κ3) is 4.61. The molecule has 0 fully saturated rings. The quantitative estimate of drug-likeness (QED) is 0.752. The minimum atomic E-state index is -1.09. The van der Waals surface area contributed by atoms with Crippen LogP contribution in [0.15, 0.2) is 36.8 Å². The van der Waals surface area contributed by atoms with Crippen molar-refractivity contribution in [2.24, 2.45) is 0 Å². The number of amides is 1. The van der Waals surface area contributed by atoms with E-state index < -0.39 is 12.0 Å². The molecule has 0 aliphatic carbocycles. The maximum absolute atomic E-state index is 11.9. The summed E-state index contributed by atoms with van der Waals surface area (Å²) in [6.07, 6.45) is 3.25. The first-order valence-corrected chi connectivity index (χ1v) is 6.66. The van der Waals surface area contributed by atoms with Crippen molar-refractivity contribution in [1.82, 2.24) is 15.3 Å². The van der Waals surface area contributed by atoms with Gasteiger partial charge in [-0.1, -0.05) is 23.7 Å². The lowest BCUT2D eigenvalue weighted by Gasteiger charge is -2.13. The second kappa shape index (κ2) is 6.90. The van der Waals surface area contributed by atoms with Gasteiger partial charge in [-0.2, -0.15) is 0 Å². The van der Waals surface area contributed by atoms with Crippen LogP contribution in [0.1, 0.15) is 11.3 Å². The molecule has 1 atom stereocenters. The Bertz CT molecular complexity index is 611. The summed E-state index contributed by atoms with van der Waals surface area (Å²) < 4.78 is 0. The Balaban J connectivity index is 1.95. The van der Waals surface area contributed by atoms with Crippen LogP contribution in [-0.4, -0.2) is 33.0 Å². The van der Waals surface area contributed by atoms with E-state index in [-0.39, 0.29) is 18.7 Å². The van der Waals surface area contributed by atoms with Gasteiger partial charge < -0.3 is 15.4 Å². The number of hydrogen-bond acceptors (Lipinski definition) is 3. The van der Waals surface area contributed by atoms with Crippen LogP contribution in [0.4, 0.5) is 0 Å². The van der Waals surface area contributed by atoms with E-state index in [4.69, 9.17) is 16.7 Å². The highest BCUT2D eigenvalue weighted by atomic mass is 35.5. The number of hydrogen-bond donors (Lipinski definition) is 3. The third-order valence-corrected chi connectivity index (χ3v) is 3.14. The number of rotatable bonds is 6. The lowest BCUT2D eigenvalue weighted by atomic mass is 10.1. The molecule has 0 bridgehead atoms. The highest BCUT2D eigenvalue weighted by molar-refractivity contribution is 6.30.